The van der Waals surface area contributed by atoms with Crippen LogP contribution in [0.4, 0.5) is 0 Å². The Labute approximate surface area is 217 Å². The molecule has 0 aliphatic carbocycles. The van der Waals surface area contributed by atoms with Crippen LogP contribution in [0.5, 0.6) is 23.0 Å². The summed E-state index contributed by atoms with van der Waals surface area (Å²) in [5.41, 5.74) is 0. The highest BCUT2D eigenvalue weighted by molar-refractivity contribution is 5.20. The fraction of sp³-hybridized carbons (Fsp3) is 0.250. The van der Waals surface area contributed by atoms with E-state index in [0.717, 1.165) is 0 Å². The highest BCUT2D eigenvalue weighted by atomic mass is 16.3. The molecule has 0 fully saturated rings. The van der Waals surface area contributed by atoms with Gasteiger partial charge < -0.3 is 20.4 Å². The Bertz CT molecular complexity index is 775. The monoisotopic (exact) mass is 490 g/mol. The number of phenols is 4. The van der Waals surface area contributed by atoms with Crippen LogP contribution in [0, 0.1) is 0 Å². The van der Waals surface area contributed by atoms with E-state index >= 15 is 0 Å². The molecule has 0 aromatic heterocycles. The van der Waals surface area contributed by atoms with Crippen LogP contribution < -0.4 is 0 Å². The van der Waals surface area contributed by atoms with Gasteiger partial charge in [-0.15, -0.1) is 0 Å². The van der Waals surface area contributed by atoms with Crippen LogP contribution in [0.25, 0.3) is 0 Å². The molecule has 0 saturated heterocycles. The van der Waals surface area contributed by atoms with E-state index in [0.29, 0.717) is 23.0 Å². The van der Waals surface area contributed by atoms with Crippen LogP contribution in [0.3, 0.4) is 0 Å². The lowest BCUT2D eigenvalue weighted by Gasteiger charge is -1.93. The highest BCUT2D eigenvalue weighted by Gasteiger charge is 1.83. The van der Waals surface area contributed by atoms with Gasteiger partial charge in [0.15, 0.2) is 0 Å². The van der Waals surface area contributed by atoms with Crippen molar-refractivity contribution in [3.63, 3.8) is 0 Å². The molecule has 0 heterocycles. The van der Waals surface area contributed by atoms with Crippen LogP contribution in [0.2, 0.25) is 0 Å². The zero-order valence-electron chi connectivity index (χ0n) is 21.6. The third-order valence-corrected chi connectivity index (χ3v) is 4.48. The minimum absolute atomic E-state index is 0.322. The van der Waals surface area contributed by atoms with Crippen LogP contribution >= 0.6 is 0 Å². The Balaban J connectivity index is 0.000000425. The van der Waals surface area contributed by atoms with E-state index < -0.39 is 0 Å². The number of unbranched alkanes of at least 4 members (excludes halogenated alkanes) is 5. The molecule has 0 unspecified atom stereocenters. The summed E-state index contributed by atoms with van der Waals surface area (Å²) in [6, 6.07) is 34.9. The first kappa shape index (κ1) is 32.1. The number of para-hydroxylation sites is 4. The maximum Gasteiger partial charge on any atom is 0.115 e. The van der Waals surface area contributed by atoms with Gasteiger partial charge in [-0.25, -0.2) is 0 Å². The summed E-state index contributed by atoms with van der Waals surface area (Å²) in [4.78, 5) is 0. The molecule has 0 aliphatic heterocycles. The molecule has 4 rings (SSSR count). The molecule has 4 aromatic rings. The first-order valence-corrected chi connectivity index (χ1v) is 12.5. The molecule has 0 radical (unpaired) electrons. The second-order valence-corrected chi connectivity index (χ2v) is 7.76. The topological polar surface area (TPSA) is 80.9 Å². The van der Waals surface area contributed by atoms with Gasteiger partial charge in [0.05, 0.1) is 0 Å². The molecule has 0 saturated carbocycles. The van der Waals surface area contributed by atoms with Crippen molar-refractivity contribution in [3.8, 4) is 23.0 Å². The SMILES string of the molecule is CCCCCCCC.Oc1ccccc1.Oc1ccccc1.Oc1ccccc1.Oc1ccccc1. The van der Waals surface area contributed by atoms with E-state index in [1.54, 1.807) is 97.1 Å². The summed E-state index contributed by atoms with van der Waals surface area (Å²) in [5, 5.41) is 34.5. The Hall–Kier alpha value is -3.92. The molecular weight excluding hydrogens is 448 g/mol. The standard InChI is InChI=1S/C8H18.4C6H6O/c1-3-5-7-8-6-4-2;4*7-6-4-2-1-3-5-6/h3-8H2,1-2H3;4*1-5,7H. The lowest BCUT2D eigenvalue weighted by atomic mass is 10.1. The predicted octanol–water partition coefficient (Wildman–Crippen LogP) is 8.94. The fourth-order valence-corrected chi connectivity index (χ4v) is 2.57. The second-order valence-electron chi connectivity index (χ2n) is 7.76. The van der Waals surface area contributed by atoms with Crippen molar-refractivity contribution in [1.29, 1.82) is 0 Å². The Morgan fingerprint density at radius 1 is 0.333 bits per heavy atom. The van der Waals surface area contributed by atoms with Gasteiger partial charge in [0.25, 0.3) is 0 Å². The van der Waals surface area contributed by atoms with Crippen LogP contribution in [-0.2, 0) is 0 Å². The number of benzene rings is 4. The predicted molar refractivity (Wildman–Crippen MR) is 151 cm³/mol. The minimum atomic E-state index is 0.322. The molecule has 4 heteroatoms. The Kier molecular flexibility index (Phi) is 21.6. The van der Waals surface area contributed by atoms with Gasteiger partial charge >= 0.3 is 0 Å². The lowest BCUT2D eigenvalue weighted by Crippen LogP contribution is -1.73. The maximum atomic E-state index is 8.63. The summed E-state index contributed by atoms with van der Waals surface area (Å²) < 4.78 is 0. The zero-order valence-corrected chi connectivity index (χ0v) is 21.6. The third kappa shape index (κ3) is 23.2. The molecular formula is C32H42O4. The number of hydrogen-bond donors (Lipinski definition) is 4. The smallest absolute Gasteiger partial charge is 0.115 e. The Morgan fingerprint density at radius 3 is 0.639 bits per heavy atom. The quantitative estimate of drug-likeness (QED) is 0.210. The van der Waals surface area contributed by atoms with E-state index in [-0.39, 0.29) is 0 Å². The number of phenolic OH excluding ortho intramolecular Hbond substituents is 4. The summed E-state index contributed by atoms with van der Waals surface area (Å²) >= 11 is 0. The van der Waals surface area contributed by atoms with E-state index in [4.69, 9.17) is 20.4 Å². The van der Waals surface area contributed by atoms with Crippen LogP contribution in [0.1, 0.15) is 52.4 Å². The molecule has 0 bridgehead atoms. The van der Waals surface area contributed by atoms with Crippen LogP contribution in [-0.4, -0.2) is 20.4 Å². The molecule has 4 nitrogen and oxygen atoms in total. The van der Waals surface area contributed by atoms with Crippen molar-refractivity contribution < 1.29 is 20.4 Å². The first-order chi connectivity index (χ1) is 17.5. The second kappa shape index (κ2) is 24.2. The highest BCUT2D eigenvalue weighted by Crippen LogP contribution is 2.05. The summed E-state index contributed by atoms with van der Waals surface area (Å²) in [6.07, 6.45) is 8.49. The number of rotatable bonds is 5. The molecule has 4 aromatic carbocycles. The van der Waals surface area contributed by atoms with Gasteiger partial charge in [0.2, 0.25) is 0 Å². The third-order valence-electron chi connectivity index (χ3n) is 4.48. The minimum Gasteiger partial charge on any atom is -0.508 e. The lowest BCUT2D eigenvalue weighted by molar-refractivity contribution is 0.475. The van der Waals surface area contributed by atoms with E-state index in [2.05, 4.69) is 13.8 Å². The van der Waals surface area contributed by atoms with Gasteiger partial charge in [-0.1, -0.05) is 125 Å². The van der Waals surface area contributed by atoms with Gasteiger partial charge in [0, 0.05) is 0 Å². The molecule has 0 atom stereocenters. The summed E-state index contributed by atoms with van der Waals surface area (Å²) in [5.74, 6) is 1.29. The van der Waals surface area contributed by atoms with Crippen molar-refractivity contribution >= 4 is 0 Å². The first-order valence-electron chi connectivity index (χ1n) is 12.5. The molecule has 0 amide bonds. The molecule has 4 N–H and O–H groups in total. The summed E-state index contributed by atoms with van der Waals surface area (Å²) in [6.45, 7) is 4.51. The number of aromatic hydroxyl groups is 4. The molecule has 0 spiro atoms. The van der Waals surface area contributed by atoms with Gasteiger partial charge in [-0.2, -0.15) is 0 Å². The zero-order chi connectivity index (χ0) is 26.7. The maximum absolute atomic E-state index is 8.63. The van der Waals surface area contributed by atoms with Crippen molar-refractivity contribution in [2.24, 2.45) is 0 Å². The molecule has 0 aliphatic rings. The van der Waals surface area contributed by atoms with E-state index in [1.807, 2.05) is 24.3 Å². The molecule has 36 heavy (non-hydrogen) atoms. The summed E-state index contributed by atoms with van der Waals surface area (Å²) in [7, 11) is 0. The largest absolute Gasteiger partial charge is 0.508 e. The van der Waals surface area contributed by atoms with Crippen LogP contribution in [0.15, 0.2) is 121 Å². The van der Waals surface area contributed by atoms with Crippen molar-refractivity contribution in [1.82, 2.24) is 0 Å². The average molecular weight is 491 g/mol. The van der Waals surface area contributed by atoms with Crippen molar-refractivity contribution in [2.75, 3.05) is 0 Å². The van der Waals surface area contributed by atoms with Gasteiger partial charge in [0.1, 0.15) is 23.0 Å². The van der Waals surface area contributed by atoms with Gasteiger partial charge in [-0.05, 0) is 48.5 Å². The van der Waals surface area contributed by atoms with Gasteiger partial charge in [-0.3, -0.25) is 0 Å². The Morgan fingerprint density at radius 2 is 0.528 bits per heavy atom. The fourth-order valence-electron chi connectivity index (χ4n) is 2.57. The van der Waals surface area contributed by atoms with E-state index in [9.17, 15) is 0 Å². The normalized spacial score (nSPS) is 8.83. The van der Waals surface area contributed by atoms with Crippen molar-refractivity contribution in [2.45, 2.75) is 52.4 Å². The number of hydrogen-bond acceptors (Lipinski definition) is 4. The van der Waals surface area contributed by atoms with E-state index in [1.165, 1.54) is 38.5 Å². The van der Waals surface area contributed by atoms with Crippen molar-refractivity contribution in [3.05, 3.63) is 121 Å². The average Bonchev–Trinajstić information content (AvgIpc) is 2.90. The molecule has 194 valence electrons.